The second-order valence-corrected chi connectivity index (χ2v) is 6.95. The first-order valence-corrected chi connectivity index (χ1v) is 8.52. The van der Waals surface area contributed by atoms with Crippen molar-refractivity contribution in [3.05, 3.63) is 30.3 Å². The first-order valence-electron chi connectivity index (χ1n) is 7.70. The fourth-order valence-corrected chi connectivity index (χ4v) is 3.96. The maximum Gasteiger partial charge on any atom is 0.229 e. The molecule has 0 unspecified atom stereocenters. The zero-order valence-electron chi connectivity index (χ0n) is 12.9. The minimum absolute atomic E-state index is 0.0686. The molecule has 23 heavy (non-hydrogen) atoms. The molecule has 0 saturated carbocycles. The third kappa shape index (κ3) is 2.70. The lowest BCUT2D eigenvalue weighted by molar-refractivity contribution is -0.133. The van der Waals surface area contributed by atoms with Crippen LogP contribution in [0.2, 0.25) is 0 Å². The van der Waals surface area contributed by atoms with E-state index >= 15 is 0 Å². The number of nitrogens with zero attached hydrogens (tertiary/aromatic N) is 4. The highest BCUT2D eigenvalue weighted by Crippen LogP contribution is 2.31. The van der Waals surface area contributed by atoms with Crippen molar-refractivity contribution in [2.24, 2.45) is 5.92 Å². The van der Waals surface area contributed by atoms with Gasteiger partial charge in [-0.1, -0.05) is 41.7 Å². The Kier molecular flexibility index (Phi) is 3.74. The summed E-state index contributed by atoms with van der Waals surface area (Å²) in [5, 5.41) is 10.5. The molecule has 3 heterocycles. The quantitative estimate of drug-likeness (QED) is 0.835. The van der Waals surface area contributed by atoms with E-state index in [-0.39, 0.29) is 17.9 Å². The smallest absolute Gasteiger partial charge is 0.229 e. The molecule has 4 rings (SSSR count). The fraction of sp³-hybridized carbons (Fsp3) is 0.438. The minimum Gasteiger partial charge on any atom is -0.378 e. The summed E-state index contributed by atoms with van der Waals surface area (Å²) in [4.78, 5) is 16.4. The number of hydrogen-bond donors (Lipinski definition) is 0. The number of rotatable bonds is 2. The molecular formula is C16H18N4O2S. The zero-order valence-corrected chi connectivity index (χ0v) is 13.7. The van der Waals surface area contributed by atoms with Gasteiger partial charge < -0.3 is 14.5 Å². The molecule has 2 aromatic rings. The number of benzene rings is 1. The van der Waals surface area contributed by atoms with Crippen LogP contribution in [-0.2, 0) is 9.53 Å². The molecule has 2 atom stereocenters. The van der Waals surface area contributed by atoms with Crippen LogP contribution in [-0.4, -0.2) is 60.4 Å². The number of amides is 1. The number of anilines is 1. The van der Waals surface area contributed by atoms with Crippen LogP contribution in [0.3, 0.4) is 0 Å². The van der Waals surface area contributed by atoms with E-state index < -0.39 is 0 Å². The lowest BCUT2D eigenvalue weighted by atomic mass is 10.1. The van der Waals surface area contributed by atoms with Crippen LogP contribution in [0, 0.1) is 5.92 Å². The molecule has 2 aliphatic rings. The van der Waals surface area contributed by atoms with Crippen molar-refractivity contribution in [2.45, 2.75) is 6.04 Å². The first-order chi connectivity index (χ1) is 11.2. The number of likely N-dealkylation sites (N-methyl/N-ethyl adjacent to an activating group) is 1. The first kappa shape index (κ1) is 14.6. The predicted molar refractivity (Wildman–Crippen MR) is 88.4 cm³/mol. The van der Waals surface area contributed by atoms with Gasteiger partial charge in [0.15, 0.2) is 0 Å². The van der Waals surface area contributed by atoms with Gasteiger partial charge in [0.05, 0.1) is 25.2 Å². The van der Waals surface area contributed by atoms with Crippen LogP contribution in [0.15, 0.2) is 30.3 Å². The highest BCUT2D eigenvalue weighted by molar-refractivity contribution is 7.18. The molecule has 2 aliphatic heterocycles. The van der Waals surface area contributed by atoms with Crippen molar-refractivity contribution in [1.82, 2.24) is 15.1 Å². The van der Waals surface area contributed by atoms with Crippen molar-refractivity contribution in [1.29, 1.82) is 0 Å². The highest BCUT2D eigenvalue weighted by Gasteiger charge is 2.38. The summed E-state index contributed by atoms with van der Waals surface area (Å²) in [5.74, 6) is 0.0411. The molecule has 7 heteroatoms. The average molecular weight is 330 g/mol. The molecule has 0 radical (unpaired) electrons. The molecule has 2 fully saturated rings. The van der Waals surface area contributed by atoms with Crippen LogP contribution in [0.25, 0.3) is 10.6 Å². The van der Waals surface area contributed by atoms with Crippen molar-refractivity contribution in [2.75, 3.05) is 38.3 Å². The maximum absolute atomic E-state index is 12.4. The van der Waals surface area contributed by atoms with Crippen LogP contribution in [0.4, 0.5) is 5.13 Å². The average Bonchev–Trinajstić information content (AvgIpc) is 2.96. The van der Waals surface area contributed by atoms with Crippen molar-refractivity contribution < 1.29 is 9.53 Å². The van der Waals surface area contributed by atoms with Crippen molar-refractivity contribution in [3.63, 3.8) is 0 Å². The third-order valence-electron chi connectivity index (χ3n) is 4.45. The normalized spacial score (nSPS) is 24.7. The standard InChI is InChI=1S/C16H18N4O2S/c1-19-13-8-20(7-12(15(19)21)9-22-10-13)16-18-17-14(23-16)11-5-3-2-4-6-11/h2-6,12-13H,7-10H2,1H3/t12-,13+/m1/s1. The van der Waals surface area contributed by atoms with E-state index in [1.54, 1.807) is 11.3 Å². The van der Waals surface area contributed by atoms with E-state index in [0.29, 0.717) is 19.8 Å². The lowest BCUT2D eigenvalue weighted by Gasteiger charge is -2.28. The molecule has 1 amide bonds. The van der Waals surface area contributed by atoms with E-state index in [0.717, 1.165) is 22.2 Å². The lowest BCUT2D eigenvalue weighted by Crippen LogP contribution is -2.43. The Balaban J connectivity index is 1.61. The summed E-state index contributed by atoms with van der Waals surface area (Å²) in [6.45, 7) is 2.45. The summed E-state index contributed by atoms with van der Waals surface area (Å²) in [6, 6.07) is 10.1. The molecule has 120 valence electrons. The number of hydrogen-bond acceptors (Lipinski definition) is 6. The Morgan fingerprint density at radius 1 is 1.17 bits per heavy atom. The zero-order chi connectivity index (χ0) is 15.8. The monoisotopic (exact) mass is 330 g/mol. The number of ether oxygens (including phenoxy) is 1. The number of fused-ring (bicyclic) bond motifs is 3. The molecule has 2 bridgehead atoms. The minimum atomic E-state index is -0.128. The van der Waals surface area contributed by atoms with Gasteiger partial charge in [-0.25, -0.2) is 0 Å². The predicted octanol–water partition coefficient (Wildman–Crippen LogP) is 1.50. The molecule has 6 nitrogen and oxygen atoms in total. The summed E-state index contributed by atoms with van der Waals surface area (Å²) in [7, 11) is 1.87. The molecule has 1 aromatic carbocycles. The topological polar surface area (TPSA) is 58.6 Å². The maximum atomic E-state index is 12.4. The second-order valence-electron chi connectivity index (χ2n) is 6.00. The van der Waals surface area contributed by atoms with Crippen LogP contribution < -0.4 is 4.90 Å². The Hall–Kier alpha value is -1.99. The number of carbonyl (C=O) groups is 1. The van der Waals surface area contributed by atoms with Gasteiger partial charge in [-0.2, -0.15) is 0 Å². The van der Waals surface area contributed by atoms with Gasteiger partial charge in [0.2, 0.25) is 11.0 Å². The Morgan fingerprint density at radius 2 is 2.00 bits per heavy atom. The van der Waals surface area contributed by atoms with Crippen molar-refractivity contribution >= 4 is 22.4 Å². The molecule has 1 aromatic heterocycles. The Bertz CT molecular complexity index is 705. The van der Waals surface area contributed by atoms with Crippen molar-refractivity contribution in [3.8, 4) is 10.6 Å². The van der Waals surface area contributed by atoms with Gasteiger partial charge in [0.25, 0.3) is 0 Å². The third-order valence-corrected chi connectivity index (χ3v) is 5.48. The van der Waals surface area contributed by atoms with E-state index in [1.807, 2.05) is 42.3 Å². The fourth-order valence-electron chi connectivity index (χ4n) is 3.10. The van der Waals surface area contributed by atoms with Crippen LogP contribution in [0.5, 0.6) is 0 Å². The summed E-state index contributed by atoms with van der Waals surface area (Å²) in [6.07, 6.45) is 0. The number of aromatic nitrogens is 2. The summed E-state index contributed by atoms with van der Waals surface area (Å²) < 4.78 is 5.64. The van der Waals surface area contributed by atoms with Crippen LogP contribution in [0.1, 0.15) is 0 Å². The summed E-state index contributed by atoms with van der Waals surface area (Å²) >= 11 is 1.58. The van der Waals surface area contributed by atoms with E-state index in [1.165, 1.54) is 0 Å². The highest BCUT2D eigenvalue weighted by atomic mass is 32.1. The van der Waals surface area contributed by atoms with Crippen LogP contribution >= 0.6 is 11.3 Å². The molecule has 2 saturated heterocycles. The van der Waals surface area contributed by atoms with Gasteiger partial charge in [0, 0.05) is 25.7 Å². The second kappa shape index (κ2) is 5.90. The van der Waals surface area contributed by atoms with Gasteiger partial charge in [-0.15, -0.1) is 10.2 Å². The Labute approximate surface area is 138 Å². The van der Waals surface area contributed by atoms with Gasteiger partial charge in [-0.05, 0) is 0 Å². The Morgan fingerprint density at radius 3 is 2.83 bits per heavy atom. The molecular weight excluding hydrogens is 312 g/mol. The van der Waals surface area contributed by atoms with Gasteiger partial charge >= 0.3 is 0 Å². The van der Waals surface area contributed by atoms with E-state index in [4.69, 9.17) is 4.74 Å². The molecule has 0 aliphatic carbocycles. The largest absolute Gasteiger partial charge is 0.378 e. The SMILES string of the molecule is CN1C(=O)[C@H]2COC[C@@H]1CN(c1nnc(-c3ccccc3)s1)C2. The van der Waals surface area contributed by atoms with Gasteiger partial charge in [-0.3, -0.25) is 4.79 Å². The van der Waals surface area contributed by atoms with E-state index in [2.05, 4.69) is 15.1 Å². The molecule has 0 N–H and O–H groups in total. The number of carbonyl (C=O) groups excluding carboxylic acids is 1. The van der Waals surface area contributed by atoms with Gasteiger partial charge in [0.1, 0.15) is 5.01 Å². The molecule has 0 spiro atoms. The van der Waals surface area contributed by atoms with E-state index in [9.17, 15) is 4.79 Å². The summed E-state index contributed by atoms with van der Waals surface area (Å²) in [5.41, 5.74) is 1.07.